The van der Waals surface area contributed by atoms with Crippen molar-refractivity contribution in [1.29, 1.82) is 0 Å². The highest BCUT2D eigenvalue weighted by molar-refractivity contribution is 5.45. The van der Waals surface area contributed by atoms with Crippen molar-refractivity contribution in [3.63, 3.8) is 0 Å². The fraction of sp³-hybridized carbons (Fsp3) is 0.538. The summed E-state index contributed by atoms with van der Waals surface area (Å²) in [5, 5.41) is 6.64. The first-order chi connectivity index (χ1) is 9.57. The van der Waals surface area contributed by atoms with E-state index in [9.17, 15) is 8.78 Å². The van der Waals surface area contributed by atoms with Crippen molar-refractivity contribution in [2.75, 3.05) is 13.1 Å². The van der Waals surface area contributed by atoms with Crippen LogP contribution in [-0.4, -0.2) is 23.2 Å². The Morgan fingerprint density at radius 2 is 2.05 bits per heavy atom. The molecular weight excluding hydrogens is 268 g/mol. The molecule has 0 spiro atoms. The average molecular weight is 283 g/mol. The van der Waals surface area contributed by atoms with Gasteiger partial charge in [-0.3, -0.25) is 0 Å². The number of hydrogen-bond acceptors (Lipinski definition) is 5. The Bertz CT molecular complexity index is 588. The molecule has 0 saturated carbocycles. The zero-order valence-corrected chi connectivity index (χ0v) is 11.0. The lowest BCUT2D eigenvalue weighted by Gasteiger charge is -2.27. The van der Waals surface area contributed by atoms with Crippen LogP contribution in [0.2, 0.25) is 0 Å². The molecule has 7 heteroatoms. The van der Waals surface area contributed by atoms with E-state index in [1.165, 1.54) is 0 Å². The molecule has 20 heavy (non-hydrogen) atoms. The molecule has 0 radical (unpaired) electrons. The standard InChI is InChI=1S/C13H15F2N3O2/c1-8-2-3-10(19-8)11-17-12(20-18-11)13(14,15)9-4-6-16-7-5-9/h2-3,9,16H,4-7H2,1H3. The number of rotatable bonds is 3. The summed E-state index contributed by atoms with van der Waals surface area (Å²) in [6, 6.07) is 3.35. The van der Waals surface area contributed by atoms with Crippen LogP contribution in [0.15, 0.2) is 21.1 Å². The van der Waals surface area contributed by atoms with Crippen LogP contribution >= 0.6 is 0 Å². The van der Waals surface area contributed by atoms with Gasteiger partial charge in [-0.25, -0.2) is 0 Å². The summed E-state index contributed by atoms with van der Waals surface area (Å²) in [6.45, 7) is 2.92. The highest BCUT2D eigenvalue weighted by Gasteiger charge is 2.47. The zero-order chi connectivity index (χ0) is 14.2. The summed E-state index contributed by atoms with van der Waals surface area (Å²) >= 11 is 0. The minimum atomic E-state index is -3.10. The summed E-state index contributed by atoms with van der Waals surface area (Å²) in [5.74, 6) is -3.45. The predicted molar refractivity (Wildman–Crippen MR) is 66.2 cm³/mol. The van der Waals surface area contributed by atoms with E-state index in [1.807, 2.05) is 0 Å². The van der Waals surface area contributed by atoms with Gasteiger partial charge < -0.3 is 14.3 Å². The van der Waals surface area contributed by atoms with Crippen LogP contribution in [0, 0.1) is 12.8 Å². The Balaban J connectivity index is 1.85. The first-order valence-electron chi connectivity index (χ1n) is 6.57. The third kappa shape index (κ3) is 2.33. The molecule has 2 aromatic rings. The van der Waals surface area contributed by atoms with E-state index in [0.717, 1.165) is 0 Å². The van der Waals surface area contributed by atoms with Crippen LogP contribution in [-0.2, 0) is 5.92 Å². The molecule has 0 unspecified atom stereocenters. The fourth-order valence-corrected chi connectivity index (χ4v) is 2.37. The molecule has 1 aliphatic rings. The highest BCUT2D eigenvalue weighted by atomic mass is 19.3. The van der Waals surface area contributed by atoms with Crippen molar-refractivity contribution in [3.8, 4) is 11.6 Å². The van der Waals surface area contributed by atoms with E-state index < -0.39 is 17.7 Å². The van der Waals surface area contributed by atoms with Crippen molar-refractivity contribution in [3.05, 3.63) is 23.8 Å². The number of halogens is 2. The second-order valence-corrected chi connectivity index (χ2v) is 4.98. The first kappa shape index (κ1) is 13.2. The minimum Gasteiger partial charge on any atom is -0.458 e. The van der Waals surface area contributed by atoms with E-state index >= 15 is 0 Å². The van der Waals surface area contributed by atoms with Crippen molar-refractivity contribution in [2.45, 2.75) is 25.7 Å². The van der Waals surface area contributed by atoms with Gasteiger partial charge in [0.05, 0.1) is 0 Å². The summed E-state index contributed by atoms with van der Waals surface area (Å²) in [7, 11) is 0. The third-order valence-electron chi connectivity index (χ3n) is 3.52. The van der Waals surface area contributed by atoms with Gasteiger partial charge in [-0.1, -0.05) is 5.16 Å². The second kappa shape index (κ2) is 4.97. The number of piperidine rings is 1. The Labute approximate surface area is 114 Å². The van der Waals surface area contributed by atoms with Gasteiger partial charge in [-0.2, -0.15) is 13.8 Å². The summed E-state index contributed by atoms with van der Waals surface area (Å²) in [5.41, 5.74) is 0. The molecule has 108 valence electrons. The van der Waals surface area contributed by atoms with E-state index in [2.05, 4.69) is 15.5 Å². The maximum atomic E-state index is 14.3. The Morgan fingerprint density at radius 1 is 1.30 bits per heavy atom. The number of hydrogen-bond donors (Lipinski definition) is 1. The Kier molecular flexibility index (Phi) is 3.29. The van der Waals surface area contributed by atoms with Crippen molar-refractivity contribution in [1.82, 2.24) is 15.5 Å². The van der Waals surface area contributed by atoms with Crippen molar-refractivity contribution < 1.29 is 17.7 Å². The SMILES string of the molecule is Cc1ccc(-c2noc(C(F)(F)C3CCNCC3)n2)o1. The molecule has 1 saturated heterocycles. The quantitative estimate of drug-likeness (QED) is 0.938. The molecular formula is C13H15F2N3O2. The normalized spacial score (nSPS) is 17.6. The van der Waals surface area contributed by atoms with Crippen molar-refractivity contribution in [2.24, 2.45) is 5.92 Å². The van der Waals surface area contributed by atoms with E-state index in [-0.39, 0.29) is 5.82 Å². The molecule has 0 amide bonds. The molecule has 1 aliphatic heterocycles. The molecule has 0 atom stereocenters. The van der Waals surface area contributed by atoms with Crippen molar-refractivity contribution >= 4 is 0 Å². The average Bonchev–Trinajstić information content (AvgIpc) is 3.08. The van der Waals surface area contributed by atoms with Crippen LogP contribution in [0.1, 0.15) is 24.5 Å². The number of alkyl halides is 2. The lowest BCUT2D eigenvalue weighted by Crippen LogP contribution is -2.36. The van der Waals surface area contributed by atoms with Gasteiger partial charge in [0.1, 0.15) is 5.76 Å². The minimum absolute atomic E-state index is 0.0571. The molecule has 1 N–H and O–H groups in total. The largest absolute Gasteiger partial charge is 0.458 e. The first-order valence-corrected chi connectivity index (χ1v) is 6.57. The lowest BCUT2D eigenvalue weighted by atomic mass is 9.91. The van der Waals surface area contributed by atoms with Gasteiger partial charge >= 0.3 is 5.92 Å². The Hall–Kier alpha value is -1.76. The monoisotopic (exact) mass is 283 g/mol. The Morgan fingerprint density at radius 3 is 2.70 bits per heavy atom. The maximum Gasteiger partial charge on any atom is 0.327 e. The van der Waals surface area contributed by atoms with Gasteiger partial charge in [0.2, 0.25) is 5.82 Å². The summed E-state index contributed by atoms with van der Waals surface area (Å²) in [6.07, 6.45) is 0.787. The smallest absolute Gasteiger partial charge is 0.327 e. The van der Waals surface area contributed by atoms with Crippen LogP contribution in [0.25, 0.3) is 11.6 Å². The van der Waals surface area contributed by atoms with Crippen LogP contribution < -0.4 is 5.32 Å². The number of aryl methyl sites for hydroxylation is 1. The number of aromatic nitrogens is 2. The molecule has 0 aliphatic carbocycles. The zero-order valence-electron chi connectivity index (χ0n) is 11.0. The van der Waals surface area contributed by atoms with E-state index in [0.29, 0.717) is 37.5 Å². The molecule has 1 fully saturated rings. The number of furan rings is 1. The number of nitrogens with one attached hydrogen (secondary N) is 1. The maximum absolute atomic E-state index is 14.3. The second-order valence-electron chi connectivity index (χ2n) is 4.98. The third-order valence-corrected chi connectivity index (χ3v) is 3.52. The summed E-state index contributed by atoms with van der Waals surface area (Å²) in [4.78, 5) is 3.80. The van der Waals surface area contributed by atoms with Crippen LogP contribution in [0.3, 0.4) is 0 Å². The molecule has 3 heterocycles. The van der Waals surface area contributed by atoms with E-state index in [1.54, 1.807) is 19.1 Å². The van der Waals surface area contributed by atoms with Gasteiger partial charge in [0.15, 0.2) is 5.76 Å². The molecule has 2 aromatic heterocycles. The molecule has 0 bridgehead atoms. The number of nitrogens with zero attached hydrogens (tertiary/aromatic N) is 2. The molecule has 3 rings (SSSR count). The van der Waals surface area contributed by atoms with Gasteiger partial charge in [-0.15, -0.1) is 0 Å². The lowest BCUT2D eigenvalue weighted by molar-refractivity contribution is -0.0993. The van der Waals surface area contributed by atoms with Gasteiger partial charge in [-0.05, 0) is 45.0 Å². The molecule has 5 nitrogen and oxygen atoms in total. The topological polar surface area (TPSA) is 64.1 Å². The molecule has 0 aromatic carbocycles. The highest BCUT2D eigenvalue weighted by Crippen LogP contribution is 2.40. The summed E-state index contributed by atoms with van der Waals surface area (Å²) < 4.78 is 38.7. The predicted octanol–water partition coefficient (Wildman–Crippen LogP) is 2.73. The van der Waals surface area contributed by atoms with Crippen LogP contribution in [0.5, 0.6) is 0 Å². The van der Waals surface area contributed by atoms with Gasteiger partial charge in [0.25, 0.3) is 5.89 Å². The van der Waals surface area contributed by atoms with Gasteiger partial charge in [0, 0.05) is 5.92 Å². The van der Waals surface area contributed by atoms with Crippen LogP contribution in [0.4, 0.5) is 8.78 Å². The fourth-order valence-electron chi connectivity index (χ4n) is 2.37. The van der Waals surface area contributed by atoms with E-state index in [4.69, 9.17) is 8.94 Å².